The van der Waals surface area contributed by atoms with E-state index in [1.54, 1.807) is 0 Å². The van der Waals surface area contributed by atoms with Crippen LogP contribution in [0.5, 0.6) is 0 Å². The molecule has 78 valence electrons. The lowest BCUT2D eigenvalue weighted by Gasteiger charge is -1.71. The summed E-state index contributed by atoms with van der Waals surface area (Å²) in [5.74, 6) is 0. The SMILES string of the molecule is C=C.[CH2+]CC[CH2-].[CH2+]CC[CH2-].[CH2+]C[CH2-]. The highest BCUT2D eigenvalue weighted by Gasteiger charge is 1.57. The monoisotopic (exact) mass is 182 g/mol. The van der Waals surface area contributed by atoms with Crippen LogP contribution in [0.4, 0.5) is 0 Å². The van der Waals surface area contributed by atoms with E-state index in [-0.39, 0.29) is 0 Å². The minimum atomic E-state index is 0.750. The standard InChI is InChI=1S/2C4H8.C3H6.C2H4/c2*1-3-4-2;1-3-2;1-2/h2*1-4H2;1-3H2;1-2H2. The van der Waals surface area contributed by atoms with Crippen molar-refractivity contribution in [3.8, 4) is 0 Å². The lowest BCUT2D eigenvalue weighted by Crippen LogP contribution is -1.49. The van der Waals surface area contributed by atoms with E-state index < -0.39 is 0 Å². The summed E-state index contributed by atoms with van der Waals surface area (Å²) in [5, 5.41) is 0. The van der Waals surface area contributed by atoms with Crippen LogP contribution in [0.15, 0.2) is 13.2 Å². The number of rotatable bonds is 2. The van der Waals surface area contributed by atoms with Gasteiger partial charge in [0.15, 0.2) is 0 Å². The first-order valence-electron chi connectivity index (χ1n) is 4.50. The quantitative estimate of drug-likeness (QED) is 0.428. The van der Waals surface area contributed by atoms with Gasteiger partial charge in [0, 0.05) is 6.92 Å². The highest BCUT2D eigenvalue weighted by atomic mass is 13.6. The Morgan fingerprint density at radius 1 is 0.769 bits per heavy atom. The van der Waals surface area contributed by atoms with Crippen molar-refractivity contribution < 1.29 is 0 Å². The first kappa shape index (κ1) is 22.8. The Morgan fingerprint density at radius 2 is 0.846 bits per heavy atom. The average Bonchev–Trinajstić information content (AvgIpc) is 2.22. The Balaban J connectivity index is -0.0000000431. The largest absolute Gasteiger partial charge is 0.339 e. The van der Waals surface area contributed by atoms with Crippen molar-refractivity contribution in [1.82, 2.24) is 0 Å². The van der Waals surface area contributed by atoms with Gasteiger partial charge < -0.3 is 13.8 Å². The van der Waals surface area contributed by atoms with E-state index in [2.05, 4.69) is 54.7 Å². The zero-order valence-corrected chi connectivity index (χ0v) is 9.19. The summed E-state index contributed by atoms with van der Waals surface area (Å²) in [5.41, 5.74) is 0. The molecular formula is C13H26. The Kier molecular flexibility index (Phi) is 113. The molecule has 13 heavy (non-hydrogen) atoms. The van der Waals surface area contributed by atoms with Crippen molar-refractivity contribution in [3.05, 3.63) is 54.7 Å². The van der Waals surface area contributed by atoms with E-state index in [1.165, 1.54) is 0 Å². The molecule has 0 radical (unpaired) electrons. The van der Waals surface area contributed by atoms with Crippen LogP contribution in [0.25, 0.3) is 0 Å². The molecule has 0 aliphatic carbocycles. The fourth-order valence-corrected chi connectivity index (χ4v) is 0. The van der Waals surface area contributed by atoms with Gasteiger partial charge >= 0.3 is 0 Å². The van der Waals surface area contributed by atoms with Crippen LogP contribution < -0.4 is 0 Å². The molecule has 0 aliphatic heterocycles. The first-order valence-corrected chi connectivity index (χ1v) is 4.50. The fraction of sp³-hybridized carbons (Fsp3) is 0.385. The average molecular weight is 182 g/mol. The van der Waals surface area contributed by atoms with Gasteiger partial charge in [-0.2, -0.15) is 0 Å². The van der Waals surface area contributed by atoms with E-state index in [0.717, 1.165) is 32.1 Å². The van der Waals surface area contributed by atoms with Crippen LogP contribution in [0, 0.1) is 41.5 Å². The Morgan fingerprint density at radius 3 is 0.846 bits per heavy atom. The number of hydrogen-bond donors (Lipinski definition) is 0. The van der Waals surface area contributed by atoms with Crippen LogP contribution >= 0.6 is 0 Å². The molecular weight excluding hydrogens is 156 g/mol. The molecule has 0 saturated heterocycles. The van der Waals surface area contributed by atoms with Gasteiger partial charge in [0.1, 0.15) is 0 Å². The summed E-state index contributed by atoms with van der Waals surface area (Å²) < 4.78 is 0. The second-order valence-electron chi connectivity index (χ2n) is 1.77. The molecule has 0 heterocycles. The first-order chi connectivity index (χ1) is 6.24. The van der Waals surface area contributed by atoms with Gasteiger partial charge in [0.2, 0.25) is 0 Å². The predicted molar refractivity (Wildman–Crippen MR) is 66.5 cm³/mol. The van der Waals surface area contributed by atoms with Gasteiger partial charge in [-0.3, -0.25) is 6.92 Å². The predicted octanol–water partition coefficient (Wildman–Crippen LogP) is 4.72. The van der Waals surface area contributed by atoms with E-state index in [9.17, 15) is 0 Å². The van der Waals surface area contributed by atoms with Crippen LogP contribution in [-0.2, 0) is 0 Å². The van der Waals surface area contributed by atoms with Crippen LogP contribution in [0.3, 0.4) is 0 Å². The normalized spacial score (nSPS) is 6.08. The lowest BCUT2D eigenvalue weighted by atomic mass is 10.4. The second-order valence-corrected chi connectivity index (χ2v) is 1.77. The van der Waals surface area contributed by atoms with Crippen LogP contribution in [0.1, 0.15) is 32.1 Å². The molecule has 0 N–H and O–H groups in total. The Labute approximate surface area is 87.4 Å². The van der Waals surface area contributed by atoms with Gasteiger partial charge in [0.05, 0.1) is 26.7 Å². The van der Waals surface area contributed by atoms with Crippen molar-refractivity contribution >= 4 is 0 Å². The van der Waals surface area contributed by atoms with Crippen molar-refractivity contribution in [1.29, 1.82) is 0 Å². The number of hydrogen-bond acceptors (Lipinski definition) is 0. The van der Waals surface area contributed by atoms with Crippen LogP contribution in [-0.4, -0.2) is 0 Å². The van der Waals surface area contributed by atoms with Crippen molar-refractivity contribution in [2.45, 2.75) is 32.1 Å². The van der Waals surface area contributed by atoms with Gasteiger partial charge in [0.25, 0.3) is 0 Å². The maximum atomic E-state index is 3.54. The molecule has 0 spiro atoms. The van der Waals surface area contributed by atoms with Crippen LogP contribution in [0.2, 0.25) is 0 Å². The highest BCUT2D eigenvalue weighted by Crippen LogP contribution is 1.75. The van der Waals surface area contributed by atoms with Gasteiger partial charge in [-0.25, -0.2) is 0 Å². The van der Waals surface area contributed by atoms with Crippen molar-refractivity contribution in [3.63, 3.8) is 0 Å². The van der Waals surface area contributed by atoms with Crippen molar-refractivity contribution in [2.75, 3.05) is 0 Å². The van der Waals surface area contributed by atoms with E-state index in [0.29, 0.717) is 0 Å². The lowest BCUT2D eigenvalue weighted by molar-refractivity contribution is 1.05. The minimum absolute atomic E-state index is 0.750. The molecule has 0 atom stereocenters. The third kappa shape index (κ3) is 544. The summed E-state index contributed by atoms with van der Waals surface area (Å²) in [6, 6.07) is 0. The molecule has 0 bridgehead atoms. The van der Waals surface area contributed by atoms with Gasteiger partial charge in [-0.1, -0.05) is 0 Å². The highest BCUT2D eigenvalue weighted by molar-refractivity contribution is 4.39. The number of unbranched alkanes of at least 4 members (excludes halogenated alkanes) is 2. The Hall–Kier alpha value is -0.650. The van der Waals surface area contributed by atoms with Gasteiger partial charge in [-0.15, -0.1) is 26.0 Å². The summed E-state index contributed by atoms with van der Waals surface area (Å²) in [7, 11) is 0. The van der Waals surface area contributed by atoms with E-state index in [1.807, 2.05) is 0 Å². The van der Waals surface area contributed by atoms with Gasteiger partial charge in [-0.05, 0) is 6.42 Å². The molecule has 0 heteroatoms. The third-order valence-electron chi connectivity index (χ3n) is 0.500. The molecule has 0 aliphatic rings. The zero-order chi connectivity index (χ0) is 11.5. The van der Waals surface area contributed by atoms with E-state index >= 15 is 0 Å². The second kappa shape index (κ2) is 64.3. The molecule has 0 aromatic heterocycles. The smallest absolute Gasteiger partial charge is 0.0587 e. The topological polar surface area (TPSA) is 0 Å². The maximum absolute atomic E-state index is 3.54. The summed E-state index contributed by atoms with van der Waals surface area (Å²) in [6.07, 6.45) is 4.58. The van der Waals surface area contributed by atoms with Crippen molar-refractivity contribution in [2.24, 2.45) is 0 Å². The molecule has 0 fully saturated rings. The molecule has 0 aromatic carbocycles. The molecule has 0 amide bonds. The Bertz CT molecular complexity index is 23.0. The minimum Gasteiger partial charge on any atom is -0.339 e. The zero-order valence-electron chi connectivity index (χ0n) is 9.19. The summed E-state index contributed by atoms with van der Waals surface area (Å²) in [4.78, 5) is 0. The maximum Gasteiger partial charge on any atom is 0.0587 e. The summed E-state index contributed by atoms with van der Waals surface area (Å²) >= 11 is 0. The molecule has 0 aromatic rings. The summed E-state index contributed by atoms with van der Waals surface area (Å²) in [6.45, 7) is 26.9. The fourth-order valence-electron chi connectivity index (χ4n) is 0. The molecule has 0 unspecified atom stereocenters. The molecule has 0 saturated carbocycles. The molecule has 0 rings (SSSR count). The third-order valence-corrected chi connectivity index (χ3v) is 0.500. The molecule has 0 nitrogen and oxygen atoms in total. The van der Waals surface area contributed by atoms with E-state index in [4.69, 9.17) is 0 Å².